The van der Waals surface area contributed by atoms with Gasteiger partial charge in [0.1, 0.15) is 5.75 Å². The number of nitrogens with one attached hydrogen (secondary N) is 2. The molecule has 0 saturated carbocycles. The highest BCUT2D eigenvalue weighted by Gasteiger charge is 2.26. The fourth-order valence-electron chi connectivity index (χ4n) is 3.75. The predicted molar refractivity (Wildman–Crippen MR) is 106 cm³/mol. The monoisotopic (exact) mass is 381 g/mol. The average molecular weight is 381 g/mol. The van der Waals surface area contributed by atoms with E-state index in [9.17, 15) is 4.79 Å². The van der Waals surface area contributed by atoms with Crippen molar-refractivity contribution in [2.75, 3.05) is 27.4 Å². The zero-order chi connectivity index (χ0) is 19.7. The van der Waals surface area contributed by atoms with Crippen molar-refractivity contribution >= 4 is 16.8 Å². The Morgan fingerprint density at radius 3 is 2.75 bits per heavy atom. The van der Waals surface area contributed by atoms with Crippen LogP contribution in [-0.2, 0) is 11.2 Å². The van der Waals surface area contributed by atoms with Gasteiger partial charge in [0.05, 0.1) is 20.3 Å². The summed E-state index contributed by atoms with van der Waals surface area (Å²) in [6.07, 6.45) is 0.940. The van der Waals surface area contributed by atoms with Gasteiger partial charge in [0.25, 0.3) is 5.91 Å². The summed E-state index contributed by atoms with van der Waals surface area (Å²) in [5.74, 6) is 1.37. The van der Waals surface area contributed by atoms with Gasteiger partial charge < -0.3 is 30.2 Å². The molecule has 3 aromatic rings. The van der Waals surface area contributed by atoms with Crippen LogP contribution in [0.5, 0.6) is 17.2 Å². The number of aromatic amines is 1. The van der Waals surface area contributed by atoms with Crippen LogP contribution in [0.1, 0.15) is 22.9 Å². The van der Waals surface area contributed by atoms with Crippen molar-refractivity contribution in [3.05, 3.63) is 53.2 Å². The van der Waals surface area contributed by atoms with E-state index in [4.69, 9.17) is 19.9 Å². The van der Waals surface area contributed by atoms with Crippen LogP contribution >= 0.6 is 0 Å². The number of aromatic nitrogens is 1. The van der Waals surface area contributed by atoms with Crippen molar-refractivity contribution in [3.8, 4) is 17.2 Å². The molecule has 7 heteroatoms. The molecule has 0 bridgehead atoms. The van der Waals surface area contributed by atoms with Gasteiger partial charge in [-0.1, -0.05) is 6.07 Å². The lowest BCUT2D eigenvalue weighted by atomic mass is 9.94. The van der Waals surface area contributed by atoms with E-state index in [1.165, 1.54) is 10.9 Å². The summed E-state index contributed by atoms with van der Waals surface area (Å²) in [4.78, 5) is 14.5. The molecule has 1 atom stereocenters. The number of benzene rings is 2. The number of hydrogen-bond donors (Lipinski definition) is 3. The molecule has 146 valence electrons. The highest BCUT2D eigenvalue weighted by atomic mass is 16.5. The zero-order valence-corrected chi connectivity index (χ0v) is 15.9. The highest BCUT2D eigenvalue weighted by Crippen LogP contribution is 2.37. The van der Waals surface area contributed by atoms with Gasteiger partial charge in [-0.2, -0.15) is 0 Å². The predicted octanol–water partition coefficient (Wildman–Crippen LogP) is 2.28. The maximum atomic E-state index is 11.0. The summed E-state index contributed by atoms with van der Waals surface area (Å²) in [6, 6.07) is 11.8. The Balaban J connectivity index is 1.72. The molecule has 7 nitrogen and oxygen atoms in total. The second kappa shape index (κ2) is 7.44. The lowest BCUT2D eigenvalue weighted by Gasteiger charge is -2.25. The highest BCUT2D eigenvalue weighted by molar-refractivity contribution is 5.86. The average Bonchev–Trinajstić information content (AvgIpc) is 3.09. The van der Waals surface area contributed by atoms with Gasteiger partial charge in [-0.3, -0.25) is 4.79 Å². The van der Waals surface area contributed by atoms with Gasteiger partial charge >= 0.3 is 0 Å². The van der Waals surface area contributed by atoms with E-state index >= 15 is 0 Å². The molecular formula is C21H23N3O4. The second-order valence-corrected chi connectivity index (χ2v) is 6.73. The molecule has 1 aromatic heterocycles. The number of H-pyrrole nitrogens is 1. The first-order valence-electron chi connectivity index (χ1n) is 9.11. The number of primary amides is 1. The number of amides is 1. The largest absolute Gasteiger partial charge is 0.497 e. The molecule has 1 amide bonds. The number of carbonyl (C=O) groups is 1. The van der Waals surface area contributed by atoms with Crippen LogP contribution in [0.3, 0.4) is 0 Å². The van der Waals surface area contributed by atoms with E-state index in [2.05, 4.69) is 16.4 Å². The number of nitrogens with two attached hydrogens (primary N) is 1. The van der Waals surface area contributed by atoms with Crippen LogP contribution in [0.25, 0.3) is 10.9 Å². The first-order valence-corrected chi connectivity index (χ1v) is 9.11. The molecule has 0 saturated heterocycles. The smallest absolute Gasteiger partial charge is 0.255 e. The fourth-order valence-corrected chi connectivity index (χ4v) is 3.75. The molecular weight excluding hydrogens is 358 g/mol. The minimum absolute atomic E-state index is 0.00114. The Hall–Kier alpha value is -3.19. The molecule has 2 heterocycles. The van der Waals surface area contributed by atoms with E-state index in [0.717, 1.165) is 35.5 Å². The minimum Gasteiger partial charge on any atom is -0.497 e. The van der Waals surface area contributed by atoms with Gasteiger partial charge in [0.15, 0.2) is 18.1 Å². The first kappa shape index (κ1) is 18.2. The van der Waals surface area contributed by atoms with E-state index in [-0.39, 0.29) is 12.6 Å². The van der Waals surface area contributed by atoms with Crippen molar-refractivity contribution in [2.45, 2.75) is 12.5 Å². The molecule has 28 heavy (non-hydrogen) atoms. The molecule has 0 radical (unpaired) electrons. The van der Waals surface area contributed by atoms with E-state index in [0.29, 0.717) is 11.5 Å². The van der Waals surface area contributed by atoms with Gasteiger partial charge in [-0.25, -0.2) is 0 Å². The Bertz CT molecular complexity index is 1030. The standard InChI is InChI=1S/C21H23N3O4/c1-26-13-4-5-16-15(10-13)14-7-8-23-20(21(14)24-16)12-3-6-17(18(9-12)27-2)28-11-19(22)25/h3-6,9-10,20,23-24H,7-8,11H2,1-2H3,(H2,22,25). The second-order valence-electron chi connectivity index (χ2n) is 6.73. The summed E-state index contributed by atoms with van der Waals surface area (Å²) in [5, 5.41) is 4.76. The number of carbonyl (C=O) groups excluding carboxylic acids is 1. The van der Waals surface area contributed by atoms with Crippen LogP contribution in [-0.4, -0.2) is 38.3 Å². The van der Waals surface area contributed by atoms with Crippen molar-refractivity contribution in [2.24, 2.45) is 5.73 Å². The third kappa shape index (κ3) is 3.25. The Labute approximate surface area is 162 Å². The van der Waals surface area contributed by atoms with Crippen LogP contribution in [0.15, 0.2) is 36.4 Å². The molecule has 4 rings (SSSR count). The number of rotatable bonds is 6. The van der Waals surface area contributed by atoms with Crippen LogP contribution in [0.4, 0.5) is 0 Å². The molecule has 4 N–H and O–H groups in total. The zero-order valence-electron chi connectivity index (χ0n) is 15.9. The van der Waals surface area contributed by atoms with Gasteiger partial charge in [0, 0.05) is 23.1 Å². The lowest BCUT2D eigenvalue weighted by molar-refractivity contribution is -0.119. The van der Waals surface area contributed by atoms with Gasteiger partial charge in [-0.05, 0) is 47.9 Å². The summed E-state index contributed by atoms with van der Waals surface area (Å²) in [7, 11) is 3.25. The van der Waals surface area contributed by atoms with E-state index in [1.807, 2.05) is 24.3 Å². The maximum Gasteiger partial charge on any atom is 0.255 e. The quantitative estimate of drug-likeness (QED) is 0.608. The minimum atomic E-state index is -0.529. The molecule has 1 aliphatic rings. The topological polar surface area (TPSA) is 98.6 Å². The van der Waals surface area contributed by atoms with Crippen molar-refractivity contribution in [1.82, 2.24) is 10.3 Å². The normalized spacial score (nSPS) is 15.9. The summed E-state index contributed by atoms with van der Waals surface area (Å²) in [5.41, 5.74) is 9.73. The SMILES string of the molecule is COc1ccc2[nH]c3c(c2c1)CCNC3c1ccc(OCC(N)=O)c(OC)c1. The van der Waals surface area contributed by atoms with Crippen molar-refractivity contribution in [3.63, 3.8) is 0 Å². The Morgan fingerprint density at radius 2 is 2.00 bits per heavy atom. The Morgan fingerprint density at radius 1 is 1.14 bits per heavy atom. The van der Waals surface area contributed by atoms with Crippen LogP contribution < -0.4 is 25.3 Å². The van der Waals surface area contributed by atoms with Crippen molar-refractivity contribution < 1.29 is 19.0 Å². The lowest BCUT2D eigenvalue weighted by Crippen LogP contribution is -2.30. The molecule has 1 unspecified atom stereocenters. The maximum absolute atomic E-state index is 11.0. The molecule has 1 aliphatic heterocycles. The summed E-state index contributed by atoms with van der Waals surface area (Å²) >= 11 is 0. The number of hydrogen-bond acceptors (Lipinski definition) is 5. The fraction of sp³-hybridized carbons (Fsp3) is 0.286. The van der Waals surface area contributed by atoms with E-state index in [1.54, 1.807) is 20.3 Å². The van der Waals surface area contributed by atoms with Gasteiger partial charge in [-0.15, -0.1) is 0 Å². The first-order chi connectivity index (χ1) is 13.6. The molecule has 2 aromatic carbocycles. The molecule has 0 fully saturated rings. The summed E-state index contributed by atoms with van der Waals surface area (Å²) < 4.78 is 16.3. The number of methoxy groups -OCH3 is 2. The van der Waals surface area contributed by atoms with Crippen molar-refractivity contribution in [1.29, 1.82) is 0 Å². The van der Waals surface area contributed by atoms with E-state index < -0.39 is 5.91 Å². The molecule has 0 spiro atoms. The molecule has 0 aliphatic carbocycles. The van der Waals surface area contributed by atoms with Gasteiger partial charge in [0.2, 0.25) is 0 Å². The number of ether oxygens (including phenoxy) is 3. The summed E-state index contributed by atoms with van der Waals surface area (Å²) in [6.45, 7) is 0.676. The Kier molecular flexibility index (Phi) is 4.83. The third-order valence-electron chi connectivity index (χ3n) is 5.05. The van der Waals surface area contributed by atoms with Crippen LogP contribution in [0, 0.1) is 0 Å². The number of fused-ring (bicyclic) bond motifs is 3. The third-order valence-corrected chi connectivity index (χ3v) is 5.05. The van der Waals surface area contributed by atoms with Crippen LogP contribution in [0.2, 0.25) is 0 Å².